The van der Waals surface area contributed by atoms with Gasteiger partial charge in [-0.3, -0.25) is 0 Å². The molecule has 0 saturated carbocycles. The Kier molecular flexibility index (Phi) is 11.4. The molecule has 55 heavy (non-hydrogen) atoms. The number of benzene rings is 5. The van der Waals surface area contributed by atoms with Crippen LogP contribution in [0.2, 0.25) is 5.02 Å². The summed E-state index contributed by atoms with van der Waals surface area (Å²) >= 11 is 1.82. The van der Waals surface area contributed by atoms with E-state index in [0.29, 0.717) is 0 Å². The van der Waals surface area contributed by atoms with Crippen LogP contribution in [-0.2, 0) is 46.4 Å². The van der Waals surface area contributed by atoms with Gasteiger partial charge in [-0.1, -0.05) is 0 Å². The van der Waals surface area contributed by atoms with Gasteiger partial charge < -0.3 is 0 Å². The fraction of sp³-hybridized carbons (Fsp3) is 0.353. The van der Waals surface area contributed by atoms with Crippen molar-refractivity contribution in [1.29, 1.82) is 0 Å². The number of rotatable bonds is 4. The maximum atomic E-state index is 7.13. The van der Waals surface area contributed by atoms with E-state index in [9.17, 15) is 0 Å². The molecule has 5 aromatic carbocycles. The van der Waals surface area contributed by atoms with E-state index in [1.165, 1.54) is 68.4 Å². The molecular formula is C51H61Cl3Zr. The average Bonchev–Trinajstić information content (AvgIpc) is 3.74. The van der Waals surface area contributed by atoms with Crippen LogP contribution in [0.25, 0.3) is 21.9 Å². The monoisotopic (exact) mass is 868 g/mol. The van der Waals surface area contributed by atoms with Gasteiger partial charge in [0.15, 0.2) is 0 Å². The summed E-state index contributed by atoms with van der Waals surface area (Å²) < 4.78 is 11.7. The molecule has 0 amide bonds. The first kappa shape index (κ1) is 43.6. The number of allylic oxidation sites excluding steroid dienone is 4. The van der Waals surface area contributed by atoms with Crippen LogP contribution in [-0.4, -0.2) is 4.21 Å². The number of hydrogen-bond donors (Lipinski definition) is 0. The quantitative estimate of drug-likeness (QED) is 0.166. The predicted octanol–water partition coefficient (Wildman–Crippen LogP) is 13.3. The van der Waals surface area contributed by atoms with Crippen LogP contribution in [0.4, 0.5) is 0 Å². The Morgan fingerprint density at radius 3 is 1.78 bits per heavy atom. The molecule has 4 heteroatoms. The van der Waals surface area contributed by atoms with Gasteiger partial charge in [0.25, 0.3) is 0 Å². The zero-order valence-electron chi connectivity index (χ0n) is 35.1. The molecule has 0 fully saturated rings. The molecule has 0 radical (unpaired) electrons. The van der Waals surface area contributed by atoms with E-state index in [-0.39, 0.29) is 46.5 Å². The van der Waals surface area contributed by atoms with Gasteiger partial charge in [-0.15, -0.1) is 24.8 Å². The Labute approximate surface area is 350 Å². The summed E-state index contributed by atoms with van der Waals surface area (Å²) in [5, 5.41) is 3.34. The molecule has 7 rings (SSSR count). The molecular weight excluding hydrogens is 810 g/mol. The summed E-state index contributed by atoms with van der Waals surface area (Å²) in [4.78, 5) is 0. The van der Waals surface area contributed by atoms with E-state index in [1.807, 2.05) is 6.07 Å². The molecule has 0 N–H and O–H groups in total. The molecule has 0 spiro atoms. The Hall–Kier alpha value is -2.54. The molecule has 2 aliphatic carbocycles. The van der Waals surface area contributed by atoms with Gasteiger partial charge in [-0.25, -0.2) is 0 Å². The SMILES string of the molecule is Cl.Cl.[CH2]=[Zr]([C]1=CC=CC1)([c]1cccc(Cl)c1)([c]1c2c(cc(C(C)(C)C)c1C(C)(C)C)-c1cc(C(C)(C)C)c(C(C)(C)C)cc1C2)[c]1cccc2ccccc12. The molecule has 0 heterocycles. The van der Waals surface area contributed by atoms with Crippen molar-refractivity contribution in [3.63, 3.8) is 0 Å². The molecule has 0 aromatic heterocycles. The standard InChI is InChI=1S/C29H41.C10H7.C6H4Cl.C5H5.CH2.2ClH.Zr/c1-26(2,3)22-14-18-13-19-15-23(27(4,5)6)25(29(10,11)12)17-21(19)20(18)16-24(22)28(7,8)9;1-2-6-10-8-4-3-7-9(10)5-1;7-6-4-2-1-3-5-6;1-2-4-5-3-1;;;;/h14,16-17H,13H2,1-12H3;1-7H;1-2,4-5H;1-3H,4H2;1H2;2*1H;. The minimum atomic E-state index is -5.30. The Bertz CT molecular complexity index is 2440. The van der Waals surface area contributed by atoms with Crippen molar-refractivity contribution in [3.8, 4) is 11.1 Å². The fourth-order valence-electron chi connectivity index (χ4n) is 9.95. The van der Waals surface area contributed by atoms with Gasteiger partial charge in [0.05, 0.1) is 0 Å². The normalized spacial score (nSPS) is 14.6. The van der Waals surface area contributed by atoms with Crippen molar-refractivity contribution in [3.05, 3.63) is 145 Å². The summed E-state index contributed by atoms with van der Waals surface area (Å²) in [6.45, 7) is 28.8. The van der Waals surface area contributed by atoms with Gasteiger partial charge >= 0.3 is 328 Å². The third-order valence-corrected chi connectivity index (χ3v) is 29.0. The van der Waals surface area contributed by atoms with Crippen LogP contribution in [0.15, 0.2) is 106 Å². The van der Waals surface area contributed by atoms with Gasteiger partial charge in [-0.2, -0.15) is 0 Å². The zero-order valence-corrected chi connectivity index (χ0v) is 40.0. The molecule has 0 nitrogen and oxygen atoms in total. The Morgan fingerprint density at radius 2 is 1.20 bits per heavy atom. The zero-order chi connectivity index (χ0) is 38.5. The van der Waals surface area contributed by atoms with E-state index in [0.717, 1.165) is 17.9 Å². The second-order valence-electron chi connectivity index (χ2n) is 20.3. The van der Waals surface area contributed by atoms with Crippen LogP contribution in [0, 0.1) is 0 Å². The molecule has 290 valence electrons. The number of hydrogen-bond acceptors (Lipinski definition) is 0. The van der Waals surface area contributed by atoms with Crippen LogP contribution in [0.5, 0.6) is 0 Å². The minimum absolute atomic E-state index is 0. The molecule has 0 unspecified atom stereocenters. The fourth-order valence-corrected chi connectivity index (χ4v) is 27.9. The number of fused-ring (bicyclic) bond motifs is 4. The van der Waals surface area contributed by atoms with Crippen molar-refractivity contribution >= 4 is 61.2 Å². The number of halogens is 3. The molecule has 0 saturated heterocycles. The van der Waals surface area contributed by atoms with E-state index in [4.69, 9.17) is 15.8 Å². The summed E-state index contributed by atoms with van der Waals surface area (Å²) in [7, 11) is 0. The van der Waals surface area contributed by atoms with Crippen molar-refractivity contribution < 1.29 is 18.3 Å². The molecule has 0 aliphatic heterocycles. The predicted molar refractivity (Wildman–Crippen MR) is 247 cm³/mol. The van der Waals surface area contributed by atoms with Crippen molar-refractivity contribution in [2.75, 3.05) is 0 Å². The van der Waals surface area contributed by atoms with E-state index in [2.05, 4.69) is 180 Å². The van der Waals surface area contributed by atoms with E-state index < -0.39 is 18.3 Å². The summed E-state index contributed by atoms with van der Waals surface area (Å²) in [5.74, 6) is 0. The topological polar surface area (TPSA) is 0 Å². The molecule has 2 aliphatic rings. The third kappa shape index (κ3) is 6.86. The van der Waals surface area contributed by atoms with Crippen LogP contribution in [0.3, 0.4) is 0 Å². The first-order chi connectivity index (χ1) is 24.6. The first-order valence-electron chi connectivity index (χ1n) is 19.6. The van der Waals surface area contributed by atoms with Gasteiger partial charge in [-0.05, 0) is 0 Å². The van der Waals surface area contributed by atoms with Crippen molar-refractivity contribution in [1.82, 2.24) is 0 Å². The second-order valence-corrected chi connectivity index (χ2v) is 33.4. The van der Waals surface area contributed by atoms with Crippen LogP contribution in [0.1, 0.15) is 123 Å². The first-order valence-corrected chi connectivity index (χ1v) is 26.6. The van der Waals surface area contributed by atoms with Crippen molar-refractivity contribution in [2.24, 2.45) is 0 Å². The van der Waals surface area contributed by atoms with Gasteiger partial charge in [0.2, 0.25) is 0 Å². The van der Waals surface area contributed by atoms with Gasteiger partial charge in [0.1, 0.15) is 0 Å². The Morgan fingerprint density at radius 1 is 0.618 bits per heavy atom. The summed E-state index contributed by atoms with van der Waals surface area (Å²) in [5.41, 5.74) is 11.3. The molecule has 5 aromatic rings. The molecule has 0 bridgehead atoms. The Balaban J connectivity index is 0.00000290. The van der Waals surface area contributed by atoms with Crippen molar-refractivity contribution in [2.45, 2.75) is 118 Å². The third-order valence-electron chi connectivity index (χ3n) is 12.4. The summed E-state index contributed by atoms with van der Waals surface area (Å²) in [6, 6.07) is 32.7. The van der Waals surface area contributed by atoms with E-state index >= 15 is 0 Å². The van der Waals surface area contributed by atoms with Crippen LogP contribution < -0.4 is 9.81 Å². The second kappa shape index (κ2) is 14.4. The van der Waals surface area contributed by atoms with E-state index in [1.54, 1.807) is 0 Å². The summed E-state index contributed by atoms with van der Waals surface area (Å²) in [6.07, 6.45) is 8.87. The van der Waals surface area contributed by atoms with Crippen LogP contribution >= 0.6 is 36.4 Å². The molecule has 0 atom stereocenters. The maximum absolute atomic E-state index is 7.13. The van der Waals surface area contributed by atoms with Gasteiger partial charge in [0, 0.05) is 0 Å². The average molecular weight is 872 g/mol.